The first kappa shape index (κ1) is 10.4. The summed E-state index contributed by atoms with van der Waals surface area (Å²) in [6, 6.07) is 3.79. The number of nitrogens with one attached hydrogen (secondary N) is 1. The Morgan fingerprint density at radius 2 is 2.50 bits per heavy atom. The molecule has 5 heteroatoms. The average molecular weight is 216 g/mol. The van der Waals surface area contributed by atoms with Gasteiger partial charge in [-0.25, -0.2) is 4.98 Å². The number of hydrogen-bond acceptors (Lipinski definition) is 3. The topological polar surface area (TPSA) is 59.8 Å². The molecule has 1 N–H and O–H groups in total. The smallest absolute Gasteiger partial charge is 0.243 e. The van der Waals surface area contributed by atoms with Crippen molar-refractivity contribution in [2.75, 3.05) is 0 Å². The highest BCUT2D eigenvalue weighted by atomic mass is 16.1. The molecule has 0 aliphatic heterocycles. The second-order valence-corrected chi connectivity index (χ2v) is 3.37. The van der Waals surface area contributed by atoms with E-state index in [-0.39, 0.29) is 5.91 Å². The summed E-state index contributed by atoms with van der Waals surface area (Å²) in [5.74, 6) is -0.206. The van der Waals surface area contributed by atoms with E-state index in [4.69, 9.17) is 0 Å². The molecule has 0 saturated heterocycles. The maximum atomic E-state index is 11.0. The summed E-state index contributed by atoms with van der Waals surface area (Å²) in [5.41, 5.74) is 1.62. The van der Waals surface area contributed by atoms with Crippen LogP contribution in [-0.4, -0.2) is 20.7 Å². The van der Waals surface area contributed by atoms with Crippen molar-refractivity contribution >= 4 is 16.9 Å². The third-order valence-electron chi connectivity index (χ3n) is 2.29. The van der Waals surface area contributed by atoms with Gasteiger partial charge in [0.15, 0.2) is 5.65 Å². The summed E-state index contributed by atoms with van der Waals surface area (Å²) in [4.78, 5) is 15.3. The van der Waals surface area contributed by atoms with Crippen molar-refractivity contribution < 1.29 is 4.79 Å². The predicted octanol–water partition coefficient (Wildman–Crippen LogP) is 0.770. The number of fused-ring (bicyclic) bond motifs is 1. The molecule has 2 heterocycles. The maximum absolute atomic E-state index is 11.0. The van der Waals surface area contributed by atoms with Crippen molar-refractivity contribution in [1.82, 2.24) is 20.1 Å². The number of aromatic nitrogens is 3. The molecule has 1 amide bonds. The number of aryl methyl sites for hydroxylation is 1. The summed E-state index contributed by atoms with van der Waals surface area (Å²) < 4.78 is 1.70. The lowest BCUT2D eigenvalue weighted by molar-refractivity contribution is -0.116. The molecule has 0 radical (unpaired) electrons. The van der Waals surface area contributed by atoms with Gasteiger partial charge in [-0.1, -0.05) is 6.58 Å². The van der Waals surface area contributed by atoms with Crippen molar-refractivity contribution in [2.45, 2.75) is 6.54 Å². The van der Waals surface area contributed by atoms with Crippen LogP contribution in [-0.2, 0) is 18.4 Å². The second-order valence-electron chi connectivity index (χ2n) is 3.37. The van der Waals surface area contributed by atoms with Crippen LogP contribution in [0, 0.1) is 0 Å². The van der Waals surface area contributed by atoms with Crippen LogP contribution in [0.3, 0.4) is 0 Å². The zero-order valence-corrected chi connectivity index (χ0v) is 8.97. The first-order chi connectivity index (χ1) is 7.72. The molecule has 0 aliphatic carbocycles. The summed E-state index contributed by atoms with van der Waals surface area (Å²) in [6.07, 6.45) is 2.96. The lowest BCUT2D eigenvalue weighted by Crippen LogP contribution is -2.20. The van der Waals surface area contributed by atoms with E-state index in [1.54, 1.807) is 10.9 Å². The van der Waals surface area contributed by atoms with E-state index >= 15 is 0 Å². The Balaban J connectivity index is 2.31. The molecule has 2 aromatic heterocycles. The van der Waals surface area contributed by atoms with E-state index in [9.17, 15) is 4.79 Å². The van der Waals surface area contributed by atoms with Gasteiger partial charge >= 0.3 is 0 Å². The number of pyridine rings is 1. The first-order valence-electron chi connectivity index (χ1n) is 4.89. The van der Waals surface area contributed by atoms with E-state index in [2.05, 4.69) is 22.0 Å². The fourth-order valence-corrected chi connectivity index (χ4v) is 1.54. The van der Waals surface area contributed by atoms with Crippen LogP contribution in [0.2, 0.25) is 0 Å². The SMILES string of the molecule is C=CC(=O)NCc1nn(C)c2ncccc12. The summed E-state index contributed by atoms with van der Waals surface area (Å²) in [6.45, 7) is 3.77. The molecule has 0 bridgehead atoms. The Hall–Kier alpha value is -2.17. The fraction of sp³-hybridized carbons (Fsp3) is 0.182. The van der Waals surface area contributed by atoms with Crippen molar-refractivity contribution in [3.8, 4) is 0 Å². The van der Waals surface area contributed by atoms with Crippen LogP contribution in [0.4, 0.5) is 0 Å². The summed E-state index contributed by atoms with van der Waals surface area (Å²) in [7, 11) is 1.83. The van der Waals surface area contributed by atoms with E-state index < -0.39 is 0 Å². The van der Waals surface area contributed by atoms with E-state index in [0.29, 0.717) is 6.54 Å². The Morgan fingerprint density at radius 3 is 3.25 bits per heavy atom. The Morgan fingerprint density at radius 1 is 1.69 bits per heavy atom. The van der Waals surface area contributed by atoms with E-state index in [1.165, 1.54) is 6.08 Å². The van der Waals surface area contributed by atoms with Crippen LogP contribution in [0.15, 0.2) is 31.0 Å². The number of carbonyl (C=O) groups excluding carboxylic acids is 1. The van der Waals surface area contributed by atoms with Gasteiger partial charge in [0.25, 0.3) is 0 Å². The standard InChI is InChI=1S/C11H12N4O/c1-3-10(16)13-7-9-8-5-4-6-12-11(8)15(2)14-9/h3-6H,1,7H2,2H3,(H,13,16). The van der Waals surface area contributed by atoms with Crippen molar-refractivity contribution in [3.05, 3.63) is 36.7 Å². The van der Waals surface area contributed by atoms with Gasteiger partial charge in [0.2, 0.25) is 5.91 Å². The fourth-order valence-electron chi connectivity index (χ4n) is 1.54. The molecule has 5 nitrogen and oxygen atoms in total. The third kappa shape index (κ3) is 1.79. The van der Waals surface area contributed by atoms with Crippen LogP contribution >= 0.6 is 0 Å². The Bertz CT molecular complexity index is 544. The highest BCUT2D eigenvalue weighted by Gasteiger charge is 2.08. The Labute approximate surface area is 92.8 Å². The van der Waals surface area contributed by atoms with Crippen LogP contribution in [0.1, 0.15) is 5.69 Å². The van der Waals surface area contributed by atoms with Crippen LogP contribution < -0.4 is 5.32 Å². The minimum Gasteiger partial charge on any atom is -0.347 e. The van der Waals surface area contributed by atoms with Crippen molar-refractivity contribution in [2.24, 2.45) is 7.05 Å². The molecule has 0 atom stereocenters. The van der Waals surface area contributed by atoms with Gasteiger partial charge in [-0.05, 0) is 18.2 Å². The molecule has 2 aromatic rings. The van der Waals surface area contributed by atoms with Gasteiger partial charge in [-0.15, -0.1) is 0 Å². The quantitative estimate of drug-likeness (QED) is 0.771. The molecule has 82 valence electrons. The zero-order chi connectivity index (χ0) is 11.5. The number of nitrogens with zero attached hydrogens (tertiary/aromatic N) is 3. The van der Waals surface area contributed by atoms with Crippen LogP contribution in [0.25, 0.3) is 11.0 Å². The number of amides is 1. The van der Waals surface area contributed by atoms with Gasteiger partial charge in [-0.3, -0.25) is 9.48 Å². The highest BCUT2D eigenvalue weighted by Crippen LogP contribution is 2.14. The molecular weight excluding hydrogens is 204 g/mol. The summed E-state index contributed by atoms with van der Waals surface area (Å²) >= 11 is 0. The molecule has 0 unspecified atom stereocenters. The Kier molecular flexibility index (Phi) is 2.68. The summed E-state index contributed by atoms with van der Waals surface area (Å²) in [5, 5.41) is 7.95. The van der Waals surface area contributed by atoms with Crippen molar-refractivity contribution in [3.63, 3.8) is 0 Å². The molecule has 0 spiro atoms. The van der Waals surface area contributed by atoms with Gasteiger partial charge in [0, 0.05) is 18.6 Å². The van der Waals surface area contributed by atoms with Gasteiger partial charge in [0.1, 0.15) is 0 Å². The monoisotopic (exact) mass is 216 g/mol. The predicted molar refractivity (Wildman–Crippen MR) is 60.6 cm³/mol. The van der Waals surface area contributed by atoms with Crippen molar-refractivity contribution in [1.29, 1.82) is 0 Å². The molecule has 2 rings (SSSR count). The lowest BCUT2D eigenvalue weighted by Gasteiger charge is -1.98. The lowest BCUT2D eigenvalue weighted by atomic mass is 10.2. The zero-order valence-electron chi connectivity index (χ0n) is 8.97. The van der Waals surface area contributed by atoms with Gasteiger partial charge in [-0.2, -0.15) is 5.10 Å². The first-order valence-corrected chi connectivity index (χ1v) is 4.89. The molecule has 0 aromatic carbocycles. The number of rotatable bonds is 3. The normalized spacial score (nSPS) is 10.3. The molecule has 16 heavy (non-hydrogen) atoms. The molecular formula is C11H12N4O. The van der Waals surface area contributed by atoms with Crippen LogP contribution in [0.5, 0.6) is 0 Å². The van der Waals surface area contributed by atoms with Gasteiger partial charge in [0.05, 0.1) is 12.2 Å². The third-order valence-corrected chi connectivity index (χ3v) is 2.29. The minimum atomic E-state index is -0.206. The molecule has 0 aliphatic rings. The maximum Gasteiger partial charge on any atom is 0.243 e. The largest absolute Gasteiger partial charge is 0.347 e. The number of hydrogen-bond donors (Lipinski definition) is 1. The molecule has 0 saturated carbocycles. The van der Waals surface area contributed by atoms with E-state index in [1.807, 2.05) is 19.2 Å². The molecule has 0 fully saturated rings. The minimum absolute atomic E-state index is 0.206. The van der Waals surface area contributed by atoms with Gasteiger partial charge < -0.3 is 5.32 Å². The second kappa shape index (κ2) is 4.14. The highest BCUT2D eigenvalue weighted by molar-refractivity contribution is 5.87. The average Bonchev–Trinajstić information content (AvgIpc) is 2.64. The van der Waals surface area contributed by atoms with E-state index in [0.717, 1.165) is 16.7 Å². The number of carbonyl (C=O) groups is 1.